The molecule has 150 valence electrons. The highest BCUT2D eigenvalue weighted by molar-refractivity contribution is 5.86. The van der Waals surface area contributed by atoms with Crippen molar-refractivity contribution in [2.24, 2.45) is 11.8 Å². The van der Waals surface area contributed by atoms with E-state index >= 15 is 0 Å². The molecule has 2 rings (SSSR count). The van der Waals surface area contributed by atoms with Crippen molar-refractivity contribution < 1.29 is 0 Å². The average Bonchev–Trinajstić information content (AvgIpc) is 2.57. The summed E-state index contributed by atoms with van der Waals surface area (Å²) < 4.78 is 0. The van der Waals surface area contributed by atoms with Gasteiger partial charge in [0.15, 0.2) is 0 Å². The number of hydrogen-bond donors (Lipinski definition) is 5. The van der Waals surface area contributed by atoms with Gasteiger partial charge in [0.05, 0.1) is 6.04 Å². The zero-order valence-corrected chi connectivity index (χ0v) is 17.1. The van der Waals surface area contributed by atoms with Crippen LogP contribution in [0.15, 0.2) is 35.2 Å². The lowest BCUT2D eigenvalue weighted by atomic mass is 9.78. The monoisotopic (exact) mass is 371 g/mol. The van der Waals surface area contributed by atoms with E-state index in [0.29, 0.717) is 12.0 Å². The van der Waals surface area contributed by atoms with Gasteiger partial charge in [0.1, 0.15) is 0 Å². The average molecular weight is 372 g/mol. The lowest BCUT2D eigenvalue weighted by Crippen LogP contribution is -2.43. The summed E-state index contributed by atoms with van der Waals surface area (Å²) in [6.45, 7) is 8.53. The van der Waals surface area contributed by atoms with Crippen LogP contribution in [0, 0.1) is 22.7 Å². The molecule has 1 atom stereocenters. The summed E-state index contributed by atoms with van der Waals surface area (Å²) in [4.78, 5) is 0. The second-order valence-corrected chi connectivity index (χ2v) is 7.86. The van der Waals surface area contributed by atoms with Crippen molar-refractivity contribution in [1.29, 1.82) is 10.8 Å². The van der Waals surface area contributed by atoms with Gasteiger partial charge in [-0.2, -0.15) is 0 Å². The molecular weight excluding hydrogens is 334 g/mol. The van der Waals surface area contributed by atoms with Crippen LogP contribution in [0.5, 0.6) is 0 Å². The Hall–Kier alpha value is -1.88. The zero-order valence-electron chi connectivity index (χ0n) is 17.1. The highest BCUT2D eigenvalue weighted by Crippen LogP contribution is 2.31. The number of hydrogen-bond acceptors (Lipinski definition) is 5. The van der Waals surface area contributed by atoms with Crippen LogP contribution >= 0.6 is 0 Å². The number of nitrogens with one attached hydrogen (secondary N) is 5. The molecule has 2 fully saturated rings. The molecule has 27 heavy (non-hydrogen) atoms. The first-order valence-corrected chi connectivity index (χ1v) is 10.4. The summed E-state index contributed by atoms with van der Waals surface area (Å²) in [5.41, 5.74) is 3.19. The van der Waals surface area contributed by atoms with Crippen LogP contribution in [0.2, 0.25) is 0 Å². The van der Waals surface area contributed by atoms with E-state index in [2.05, 4.69) is 41.9 Å². The molecule has 0 bridgehead atoms. The van der Waals surface area contributed by atoms with E-state index in [1.807, 2.05) is 13.1 Å². The summed E-state index contributed by atoms with van der Waals surface area (Å²) in [6.07, 6.45) is 15.2. The van der Waals surface area contributed by atoms with Crippen molar-refractivity contribution in [2.75, 3.05) is 13.1 Å². The normalized spacial score (nSPS) is 25.2. The van der Waals surface area contributed by atoms with Gasteiger partial charge < -0.3 is 26.8 Å². The summed E-state index contributed by atoms with van der Waals surface area (Å²) in [5, 5.41) is 25.7. The molecule has 5 N–H and O–H groups in total. The van der Waals surface area contributed by atoms with E-state index in [1.54, 1.807) is 0 Å². The second kappa shape index (κ2) is 11.1. The molecule has 1 saturated carbocycles. The summed E-state index contributed by atoms with van der Waals surface area (Å²) in [7, 11) is 0. The van der Waals surface area contributed by atoms with Crippen LogP contribution in [-0.2, 0) is 0 Å². The first-order valence-electron chi connectivity index (χ1n) is 10.4. The van der Waals surface area contributed by atoms with Crippen LogP contribution < -0.4 is 16.0 Å². The standard InChI is InChI=1S/C22H37N5/c1-4-6-17-9-21(10-17)26-15-19(11-23)22(12-24)27-16(3)8-18(7-5-2)20-13-25-14-20/h7-8,11-12,15,17,20-27H,4-6,9-10,13-14H2,1-3H3/b16-8+,18-7+,19-15+,23-11?,24-12?. The van der Waals surface area contributed by atoms with Crippen molar-refractivity contribution in [2.45, 2.75) is 65.0 Å². The van der Waals surface area contributed by atoms with Gasteiger partial charge >= 0.3 is 0 Å². The molecule has 0 aromatic rings. The Kier molecular flexibility index (Phi) is 8.79. The highest BCUT2D eigenvalue weighted by Gasteiger charge is 2.27. The SMILES string of the molecule is CC/C=C(\C=C(/C)NC(C=N)/C(C=N)=C/NC1CC(CCC)C1)C1CNC1. The molecule has 5 nitrogen and oxygen atoms in total. The molecule has 1 aliphatic carbocycles. The van der Waals surface area contributed by atoms with Crippen LogP contribution in [0.1, 0.15) is 52.9 Å². The Morgan fingerprint density at radius 3 is 2.48 bits per heavy atom. The quantitative estimate of drug-likeness (QED) is 0.268. The lowest BCUT2D eigenvalue weighted by molar-refractivity contribution is 0.224. The number of rotatable bonds is 12. The van der Waals surface area contributed by atoms with Gasteiger partial charge in [0, 0.05) is 54.9 Å². The smallest absolute Gasteiger partial charge is 0.0889 e. The van der Waals surface area contributed by atoms with E-state index < -0.39 is 0 Å². The maximum atomic E-state index is 7.80. The molecule has 5 heteroatoms. The van der Waals surface area contributed by atoms with Crippen LogP contribution in [-0.4, -0.2) is 37.6 Å². The Morgan fingerprint density at radius 2 is 1.96 bits per heavy atom. The predicted octanol–water partition coefficient (Wildman–Crippen LogP) is 3.76. The Labute approximate surface area is 164 Å². The molecule has 1 saturated heterocycles. The topological polar surface area (TPSA) is 83.8 Å². The van der Waals surface area contributed by atoms with Crippen LogP contribution in [0.4, 0.5) is 0 Å². The Bertz CT molecular complexity index is 580. The molecular formula is C22H37N5. The van der Waals surface area contributed by atoms with Gasteiger partial charge in [-0.3, -0.25) is 0 Å². The number of allylic oxidation sites excluding steroid dienone is 3. The molecule has 1 aliphatic heterocycles. The largest absolute Gasteiger partial charge is 0.388 e. The second-order valence-electron chi connectivity index (χ2n) is 7.86. The third-order valence-electron chi connectivity index (χ3n) is 5.57. The molecule has 2 aliphatic rings. The van der Waals surface area contributed by atoms with Gasteiger partial charge in [0.25, 0.3) is 0 Å². The van der Waals surface area contributed by atoms with Crippen LogP contribution in [0.25, 0.3) is 0 Å². The van der Waals surface area contributed by atoms with E-state index in [1.165, 1.54) is 43.7 Å². The minimum absolute atomic E-state index is 0.278. The lowest BCUT2D eigenvalue weighted by Gasteiger charge is -2.35. The van der Waals surface area contributed by atoms with Crippen molar-refractivity contribution >= 4 is 12.4 Å². The molecule has 0 radical (unpaired) electrons. The Balaban J connectivity index is 1.93. The summed E-state index contributed by atoms with van der Waals surface area (Å²) in [5.74, 6) is 1.45. The fourth-order valence-corrected chi connectivity index (χ4v) is 3.81. The molecule has 1 heterocycles. The third kappa shape index (κ3) is 6.35. The first-order chi connectivity index (χ1) is 13.1. The third-order valence-corrected chi connectivity index (χ3v) is 5.57. The molecule has 0 aromatic carbocycles. The van der Waals surface area contributed by atoms with Crippen molar-refractivity contribution in [3.63, 3.8) is 0 Å². The van der Waals surface area contributed by atoms with Gasteiger partial charge in [-0.15, -0.1) is 0 Å². The van der Waals surface area contributed by atoms with Crippen molar-refractivity contribution in [1.82, 2.24) is 16.0 Å². The van der Waals surface area contributed by atoms with E-state index in [4.69, 9.17) is 10.8 Å². The first kappa shape index (κ1) is 21.4. The predicted molar refractivity (Wildman–Crippen MR) is 116 cm³/mol. The summed E-state index contributed by atoms with van der Waals surface area (Å²) in [6, 6.07) is 0.241. The van der Waals surface area contributed by atoms with Gasteiger partial charge in [-0.1, -0.05) is 32.8 Å². The van der Waals surface area contributed by atoms with E-state index in [-0.39, 0.29) is 6.04 Å². The minimum Gasteiger partial charge on any atom is -0.388 e. The van der Waals surface area contributed by atoms with Gasteiger partial charge in [-0.25, -0.2) is 0 Å². The molecule has 0 amide bonds. The molecule has 0 aromatic heterocycles. The fourth-order valence-electron chi connectivity index (χ4n) is 3.81. The van der Waals surface area contributed by atoms with Crippen molar-refractivity contribution in [3.8, 4) is 0 Å². The summed E-state index contributed by atoms with van der Waals surface area (Å²) >= 11 is 0. The van der Waals surface area contributed by atoms with Crippen molar-refractivity contribution in [3.05, 3.63) is 35.2 Å². The zero-order chi connectivity index (χ0) is 19.6. The maximum Gasteiger partial charge on any atom is 0.0889 e. The minimum atomic E-state index is -0.278. The maximum absolute atomic E-state index is 7.80. The highest BCUT2D eigenvalue weighted by atomic mass is 15.0. The van der Waals surface area contributed by atoms with E-state index in [0.717, 1.165) is 36.7 Å². The molecule has 0 spiro atoms. The van der Waals surface area contributed by atoms with Gasteiger partial charge in [-0.05, 0) is 43.8 Å². The fraction of sp³-hybridized carbons (Fsp3) is 0.636. The van der Waals surface area contributed by atoms with Gasteiger partial charge in [0.2, 0.25) is 0 Å². The molecule has 1 unspecified atom stereocenters. The Morgan fingerprint density at radius 1 is 1.22 bits per heavy atom. The van der Waals surface area contributed by atoms with Crippen LogP contribution in [0.3, 0.4) is 0 Å². The van der Waals surface area contributed by atoms with E-state index in [9.17, 15) is 0 Å².